The van der Waals surface area contributed by atoms with Gasteiger partial charge in [0.25, 0.3) is 0 Å². The van der Waals surface area contributed by atoms with Crippen molar-refractivity contribution in [3.05, 3.63) is 23.0 Å². The number of carbonyl (C=O) groups excluding carboxylic acids is 2. The maximum atomic E-state index is 11.5. The number of aromatic amines is 1. The molecule has 0 saturated heterocycles. The van der Waals surface area contributed by atoms with Crippen molar-refractivity contribution < 1.29 is 9.59 Å². The van der Waals surface area contributed by atoms with E-state index >= 15 is 0 Å². The first-order valence-electron chi connectivity index (χ1n) is 4.25. The molecule has 0 aliphatic rings. The monoisotopic (exact) mass is 179 g/mol. The Balaban J connectivity index is 3.09. The van der Waals surface area contributed by atoms with Gasteiger partial charge in [-0.1, -0.05) is 13.8 Å². The molecule has 0 aliphatic heterocycles. The van der Waals surface area contributed by atoms with Crippen molar-refractivity contribution in [1.29, 1.82) is 0 Å². The number of H-pyrrole nitrogens is 1. The second kappa shape index (κ2) is 3.56. The van der Waals surface area contributed by atoms with Gasteiger partial charge in [0.2, 0.25) is 0 Å². The van der Waals surface area contributed by atoms with E-state index in [1.807, 2.05) is 13.8 Å². The number of aromatic nitrogens is 1. The number of aldehydes is 1. The molecule has 0 spiro atoms. The van der Waals surface area contributed by atoms with Crippen LogP contribution in [0.4, 0.5) is 0 Å². The van der Waals surface area contributed by atoms with Gasteiger partial charge in [-0.25, -0.2) is 0 Å². The van der Waals surface area contributed by atoms with Crippen LogP contribution in [-0.4, -0.2) is 17.1 Å². The van der Waals surface area contributed by atoms with E-state index in [0.29, 0.717) is 11.3 Å². The van der Waals surface area contributed by atoms with Crippen LogP contribution >= 0.6 is 0 Å². The number of hydrogen-bond donors (Lipinski definition) is 1. The quantitative estimate of drug-likeness (QED) is 0.569. The fraction of sp³-hybridized carbons (Fsp3) is 0.400. The fourth-order valence-electron chi connectivity index (χ4n) is 1.18. The molecule has 70 valence electrons. The average Bonchev–Trinajstić information content (AvgIpc) is 2.45. The second-order valence-electron chi connectivity index (χ2n) is 3.38. The van der Waals surface area contributed by atoms with Crippen molar-refractivity contribution in [3.63, 3.8) is 0 Å². The molecule has 0 aliphatic carbocycles. The van der Waals surface area contributed by atoms with E-state index in [0.717, 1.165) is 11.8 Å². The first-order chi connectivity index (χ1) is 6.07. The highest BCUT2D eigenvalue weighted by molar-refractivity contribution is 5.99. The zero-order valence-corrected chi connectivity index (χ0v) is 8.05. The SMILES string of the molecule is Cc1c(C=O)c[nH]c1C(=O)C(C)C. The lowest BCUT2D eigenvalue weighted by Gasteiger charge is -2.02. The van der Waals surface area contributed by atoms with Crippen molar-refractivity contribution in [3.8, 4) is 0 Å². The Morgan fingerprint density at radius 2 is 2.15 bits per heavy atom. The number of nitrogens with one attached hydrogen (secondary N) is 1. The summed E-state index contributed by atoms with van der Waals surface area (Å²) in [5.74, 6) is 0.00227. The van der Waals surface area contributed by atoms with Crippen LogP contribution in [0.2, 0.25) is 0 Å². The standard InChI is InChI=1S/C10H13NO2/c1-6(2)10(13)9-7(3)8(5-12)4-11-9/h4-6,11H,1-3H3. The molecule has 0 aromatic carbocycles. The number of hydrogen-bond acceptors (Lipinski definition) is 2. The predicted octanol–water partition coefficient (Wildman–Crippen LogP) is 1.97. The third-order valence-electron chi connectivity index (χ3n) is 2.08. The minimum atomic E-state index is -0.0446. The Labute approximate surface area is 77.2 Å². The molecule has 3 heteroatoms. The molecule has 0 amide bonds. The Morgan fingerprint density at radius 1 is 1.54 bits per heavy atom. The molecule has 1 aromatic heterocycles. The van der Waals surface area contributed by atoms with Gasteiger partial charge < -0.3 is 4.98 Å². The Bertz CT molecular complexity index is 337. The van der Waals surface area contributed by atoms with Crippen LogP contribution in [-0.2, 0) is 0 Å². The largest absolute Gasteiger partial charge is 0.358 e. The molecule has 0 saturated carbocycles. The minimum absolute atomic E-state index is 0.0446. The van der Waals surface area contributed by atoms with Crippen molar-refractivity contribution in [1.82, 2.24) is 4.98 Å². The van der Waals surface area contributed by atoms with Gasteiger partial charge in [0.15, 0.2) is 12.1 Å². The Hall–Kier alpha value is -1.38. The van der Waals surface area contributed by atoms with Crippen LogP contribution < -0.4 is 0 Å². The number of Topliss-reactive ketones (excluding diaryl/α,β-unsaturated/α-hetero) is 1. The summed E-state index contributed by atoms with van der Waals surface area (Å²) in [6, 6.07) is 0. The molecule has 0 radical (unpaired) electrons. The van der Waals surface area contributed by atoms with Gasteiger partial charge in [0, 0.05) is 17.7 Å². The number of ketones is 1. The molecule has 1 N–H and O–H groups in total. The normalized spacial score (nSPS) is 10.5. The third kappa shape index (κ3) is 1.69. The van der Waals surface area contributed by atoms with E-state index in [-0.39, 0.29) is 11.7 Å². The highest BCUT2D eigenvalue weighted by Gasteiger charge is 2.16. The molecular weight excluding hydrogens is 166 g/mol. The van der Waals surface area contributed by atoms with Gasteiger partial charge in [0.05, 0.1) is 5.69 Å². The number of carbonyl (C=O) groups is 2. The van der Waals surface area contributed by atoms with Crippen molar-refractivity contribution in [2.45, 2.75) is 20.8 Å². The molecule has 13 heavy (non-hydrogen) atoms. The van der Waals surface area contributed by atoms with Crippen molar-refractivity contribution >= 4 is 12.1 Å². The average molecular weight is 179 g/mol. The van der Waals surface area contributed by atoms with E-state index in [1.165, 1.54) is 0 Å². The smallest absolute Gasteiger partial charge is 0.181 e. The zero-order chi connectivity index (χ0) is 10.0. The molecule has 1 aromatic rings. The lowest BCUT2D eigenvalue weighted by molar-refractivity contribution is 0.0934. The van der Waals surface area contributed by atoms with Gasteiger partial charge in [0.1, 0.15) is 0 Å². The summed E-state index contributed by atoms with van der Waals surface area (Å²) in [6.07, 6.45) is 2.32. The molecule has 0 fully saturated rings. The number of rotatable bonds is 3. The van der Waals surface area contributed by atoms with Gasteiger partial charge in [-0.2, -0.15) is 0 Å². The summed E-state index contributed by atoms with van der Waals surface area (Å²) in [5, 5.41) is 0. The highest BCUT2D eigenvalue weighted by Crippen LogP contribution is 2.14. The Morgan fingerprint density at radius 3 is 2.54 bits per heavy atom. The van der Waals surface area contributed by atoms with E-state index in [4.69, 9.17) is 0 Å². The summed E-state index contributed by atoms with van der Waals surface area (Å²) in [6.45, 7) is 5.45. The summed E-state index contributed by atoms with van der Waals surface area (Å²) in [7, 11) is 0. The van der Waals surface area contributed by atoms with Crippen molar-refractivity contribution in [2.24, 2.45) is 5.92 Å². The van der Waals surface area contributed by atoms with E-state index in [2.05, 4.69) is 4.98 Å². The van der Waals surface area contributed by atoms with Crippen LogP contribution in [0.25, 0.3) is 0 Å². The van der Waals surface area contributed by atoms with Crippen LogP contribution in [0, 0.1) is 12.8 Å². The maximum absolute atomic E-state index is 11.5. The first kappa shape index (κ1) is 9.71. The van der Waals surface area contributed by atoms with E-state index < -0.39 is 0 Å². The van der Waals surface area contributed by atoms with Crippen LogP contribution in [0.5, 0.6) is 0 Å². The van der Waals surface area contributed by atoms with Crippen molar-refractivity contribution in [2.75, 3.05) is 0 Å². The first-order valence-corrected chi connectivity index (χ1v) is 4.25. The molecule has 1 heterocycles. The molecule has 0 unspecified atom stereocenters. The lowest BCUT2D eigenvalue weighted by atomic mass is 10.0. The van der Waals surface area contributed by atoms with E-state index in [1.54, 1.807) is 13.1 Å². The predicted molar refractivity (Wildman–Crippen MR) is 50.1 cm³/mol. The topological polar surface area (TPSA) is 49.9 Å². The maximum Gasteiger partial charge on any atom is 0.181 e. The molecule has 3 nitrogen and oxygen atoms in total. The van der Waals surface area contributed by atoms with Crippen LogP contribution in [0.15, 0.2) is 6.20 Å². The molecule has 1 rings (SSSR count). The van der Waals surface area contributed by atoms with E-state index in [9.17, 15) is 9.59 Å². The third-order valence-corrected chi connectivity index (χ3v) is 2.08. The summed E-state index contributed by atoms with van der Waals surface area (Å²) in [5.41, 5.74) is 1.86. The summed E-state index contributed by atoms with van der Waals surface area (Å²) >= 11 is 0. The second-order valence-corrected chi connectivity index (χ2v) is 3.38. The van der Waals surface area contributed by atoms with Gasteiger partial charge >= 0.3 is 0 Å². The molecule has 0 bridgehead atoms. The summed E-state index contributed by atoms with van der Waals surface area (Å²) < 4.78 is 0. The fourth-order valence-corrected chi connectivity index (χ4v) is 1.18. The summed E-state index contributed by atoms with van der Waals surface area (Å²) in [4.78, 5) is 24.9. The van der Waals surface area contributed by atoms with Crippen LogP contribution in [0.1, 0.15) is 40.3 Å². The van der Waals surface area contributed by atoms with Gasteiger partial charge in [-0.3, -0.25) is 9.59 Å². The van der Waals surface area contributed by atoms with Crippen LogP contribution in [0.3, 0.4) is 0 Å². The molecular formula is C10H13NO2. The van der Waals surface area contributed by atoms with Gasteiger partial charge in [-0.05, 0) is 12.5 Å². The zero-order valence-electron chi connectivity index (χ0n) is 8.05. The lowest BCUT2D eigenvalue weighted by Crippen LogP contribution is -2.09. The highest BCUT2D eigenvalue weighted by atomic mass is 16.1. The Kier molecular flexibility index (Phi) is 2.66. The minimum Gasteiger partial charge on any atom is -0.358 e. The molecule has 0 atom stereocenters. The van der Waals surface area contributed by atoms with Gasteiger partial charge in [-0.15, -0.1) is 0 Å².